The van der Waals surface area contributed by atoms with Crippen molar-refractivity contribution in [2.75, 3.05) is 14.2 Å². The number of allylic oxidation sites excluding steroid dienone is 3. The van der Waals surface area contributed by atoms with Gasteiger partial charge in [-0.05, 0) is 76.2 Å². The number of fused-ring (bicyclic) bond motifs is 3. The van der Waals surface area contributed by atoms with Crippen molar-refractivity contribution in [1.29, 1.82) is 0 Å². The molecule has 0 bridgehead atoms. The van der Waals surface area contributed by atoms with Crippen molar-refractivity contribution in [3.63, 3.8) is 0 Å². The van der Waals surface area contributed by atoms with Crippen LogP contribution in [-0.4, -0.2) is 14.2 Å². The van der Waals surface area contributed by atoms with Gasteiger partial charge in [-0.2, -0.15) is 0 Å². The molecule has 4 nitrogen and oxygen atoms in total. The Hall–Kier alpha value is -3.92. The van der Waals surface area contributed by atoms with Gasteiger partial charge in [-0.1, -0.05) is 65.8 Å². The quantitative estimate of drug-likeness (QED) is 0.275. The molecule has 1 aliphatic rings. The van der Waals surface area contributed by atoms with Crippen LogP contribution in [0.25, 0.3) is 33.7 Å². The van der Waals surface area contributed by atoms with E-state index in [0.29, 0.717) is 5.95 Å². The molecule has 1 aliphatic heterocycles. The molecular formula is C34H36O4. The summed E-state index contributed by atoms with van der Waals surface area (Å²) in [6, 6.07) is 20.8. The minimum absolute atomic E-state index is 0.136. The third-order valence-corrected chi connectivity index (χ3v) is 6.98. The van der Waals surface area contributed by atoms with Crippen LogP contribution in [0.2, 0.25) is 0 Å². The van der Waals surface area contributed by atoms with E-state index in [-0.39, 0.29) is 10.8 Å². The summed E-state index contributed by atoms with van der Waals surface area (Å²) in [5, 5.41) is 1.04. The first-order valence-electron chi connectivity index (χ1n) is 13.0. The highest BCUT2D eigenvalue weighted by atomic mass is 16.6. The van der Waals surface area contributed by atoms with Crippen molar-refractivity contribution in [2.45, 2.75) is 47.0 Å². The number of furan rings is 1. The molecule has 0 saturated heterocycles. The van der Waals surface area contributed by atoms with Gasteiger partial charge in [0, 0.05) is 16.4 Å². The molecule has 0 radical (unpaired) electrons. The summed E-state index contributed by atoms with van der Waals surface area (Å²) in [6.07, 6.45) is 4.31. The zero-order valence-corrected chi connectivity index (χ0v) is 23.6. The molecule has 0 aliphatic carbocycles. The zero-order chi connectivity index (χ0) is 27.2. The first kappa shape index (κ1) is 25.7. The fourth-order valence-electron chi connectivity index (χ4n) is 4.70. The summed E-state index contributed by atoms with van der Waals surface area (Å²) in [5.74, 6) is 3.05. The summed E-state index contributed by atoms with van der Waals surface area (Å²) in [5.41, 5.74) is 6.99. The number of rotatable bonds is 4. The molecular weight excluding hydrogens is 472 g/mol. The van der Waals surface area contributed by atoms with Gasteiger partial charge in [-0.15, -0.1) is 0 Å². The average molecular weight is 509 g/mol. The van der Waals surface area contributed by atoms with Crippen molar-refractivity contribution in [2.24, 2.45) is 5.41 Å². The van der Waals surface area contributed by atoms with Crippen molar-refractivity contribution < 1.29 is 18.6 Å². The lowest BCUT2D eigenvalue weighted by Gasteiger charge is -2.22. The molecule has 38 heavy (non-hydrogen) atoms. The molecule has 5 rings (SSSR count). The van der Waals surface area contributed by atoms with Gasteiger partial charge in [-0.3, -0.25) is 0 Å². The Morgan fingerprint density at radius 1 is 0.632 bits per heavy atom. The number of hydrogen-bond donors (Lipinski definition) is 0. The molecule has 3 aromatic carbocycles. The Morgan fingerprint density at radius 3 is 1.74 bits per heavy atom. The Morgan fingerprint density at radius 2 is 1.21 bits per heavy atom. The highest BCUT2D eigenvalue weighted by Gasteiger charge is 2.29. The molecule has 0 amide bonds. The second-order valence-electron chi connectivity index (χ2n) is 11.9. The monoisotopic (exact) mass is 508 g/mol. The van der Waals surface area contributed by atoms with Crippen LogP contribution in [0.1, 0.15) is 58.2 Å². The van der Waals surface area contributed by atoms with Crippen LogP contribution >= 0.6 is 0 Å². The molecule has 4 aromatic rings. The third-order valence-electron chi connectivity index (χ3n) is 6.98. The molecule has 0 saturated carbocycles. The van der Waals surface area contributed by atoms with Crippen molar-refractivity contribution in [1.82, 2.24) is 0 Å². The van der Waals surface area contributed by atoms with Crippen LogP contribution in [0.5, 0.6) is 17.4 Å². The van der Waals surface area contributed by atoms with E-state index in [9.17, 15) is 0 Å². The lowest BCUT2D eigenvalue weighted by Crippen LogP contribution is -2.14. The maximum absolute atomic E-state index is 6.55. The minimum atomic E-state index is -0.215. The smallest absolute Gasteiger partial charge is 0.298 e. The maximum Gasteiger partial charge on any atom is 0.298 e. The van der Waals surface area contributed by atoms with Gasteiger partial charge in [0.1, 0.15) is 22.8 Å². The molecule has 0 unspecified atom stereocenters. The molecule has 0 spiro atoms. The second-order valence-corrected chi connectivity index (χ2v) is 11.9. The van der Waals surface area contributed by atoms with E-state index in [4.69, 9.17) is 18.6 Å². The van der Waals surface area contributed by atoms with E-state index < -0.39 is 0 Å². The van der Waals surface area contributed by atoms with E-state index in [0.717, 1.165) is 61.6 Å². The average Bonchev–Trinajstić information content (AvgIpc) is 3.09. The van der Waals surface area contributed by atoms with E-state index in [1.807, 2.05) is 24.3 Å². The van der Waals surface area contributed by atoms with Crippen molar-refractivity contribution in [3.05, 3.63) is 89.2 Å². The number of hydrogen-bond acceptors (Lipinski definition) is 4. The van der Waals surface area contributed by atoms with E-state index >= 15 is 0 Å². The Kier molecular flexibility index (Phi) is 6.38. The minimum Gasteiger partial charge on any atom is -0.497 e. The molecule has 0 fully saturated rings. The second kappa shape index (κ2) is 9.43. The SMILES string of the molecule is COc1ccc(C2=Cc3c(oc4c(C(C)(C)C)cc(-c5ccc(OC)cc5)cc34)OC(C(C)(C)C)=C2)cc1. The highest BCUT2D eigenvalue weighted by Crippen LogP contribution is 2.46. The number of benzene rings is 3. The maximum atomic E-state index is 6.55. The number of ether oxygens (including phenoxy) is 3. The predicted molar refractivity (Wildman–Crippen MR) is 156 cm³/mol. The first-order valence-corrected chi connectivity index (χ1v) is 13.0. The van der Waals surface area contributed by atoms with Crippen LogP contribution in [-0.2, 0) is 5.41 Å². The topological polar surface area (TPSA) is 40.8 Å². The van der Waals surface area contributed by atoms with Crippen LogP contribution in [0.3, 0.4) is 0 Å². The van der Waals surface area contributed by atoms with Crippen molar-refractivity contribution in [3.8, 4) is 28.6 Å². The fourth-order valence-corrected chi connectivity index (χ4v) is 4.70. The van der Waals surface area contributed by atoms with Gasteiger partial charge in [0.25, 0.3) is 5.95 Å². The molecule has 196 valence electrons. The molecule has 0 atom stereocenters. The van der Waals surface area contributed by atoms with Gasteiger partial charge >= 0.3 is 0 Å². The van der Waals surface area contributed by atoms with Gasteiger partial charge in [-0.25, -0.2) is 0 Å². The first-order chi connectivity index (χ1) is 18.0. The van der Waals surface area contributed by atoms with Gasteiger partial charge in [0.05, 0.1) is 19.8 Å². The van der Waals surface area contributed by atoms with Crippen LogP contribution in [0, 0.1) is 5.41 Å². The Balaban J connectivity index is 1.77. The highest BCUT2D eigenvalue weighted by molar-refractivity contribution is 6.01. The normalized spacial score (nSPS) is 13.8. The Labute approximate surface area is 225 Å². The van der Waals surface area contributed by atoms with E-state index in [2.05, 4.69) is 90.1 Å². The van der Waals surface area contributed by atoms with Gasteiger partial charge in [0.15, 0.2) is 0 Å². The lowest BCUT2D eigenvalue weighted by atomic mass is 9.83. The zero-order valence-electron chi connectivity index (χ0n) is 23.6. The van der Waals surface area contributed by atoms with E-state index in [1.54, 1.807) is 14.2 Å². The summed E-state index contributed by atoms with van der Waals surface area (Å²) in [4.78, 5) is 0. The fraction of sp³-hybridized carbons (Fsp3) is 0.294. The van der Waals surface area contributed by atoms with Crippen LogP contribution < -0.4 is 14.2 Å². The van der Waals surface area contributed by atoms with Crippen molar-refractivity contribution >= 4 is 22.6 Å². The number of methoxy groups -OCH3 is 2. The summed E-state index contributed by atoms with van der Waals surface area (Å²) >= 11 is 0. The van der Waals surface area contributed by atoms with Crippen LogP contribution in [0.4, 0.5) is 0 Å². The molecule has 4 heteroatoms. The predicted octanol–water partition coefficient (Wildman–Crippen LogP) is 9.28. The largest absolute Gasteiger partial charge is 0.497 e. The summed E-state index contributed by atoms with van der Waals surface area (Å²) in [7, 11) is 3.37. The van der Waals surface area contributed by atoms with Gasteiger partial charge < -0.3 is 18.6 Å². The van der Waals surface area contributed by atoms with Crippen LogP contribution in [0.15, 0.2) is 76.9 Å². The third kappa shape index (κ3) is 4.83. The standard InChI is InChI=1S/C34H36O4/c1-33(2,3)29-19-23(21-9-13-25(35-7)14-10-21)17-27-28-18-24(22-11-15-26(36-8)16-12-22)20-30(34(4,5)6)37-32(28)38-31(27)29/h9-20H,1-8H3. The summed E-state index contributed by atoms with van der Waals surface area (Å²) in [6.45, 7) is 13.1. The molecule has 2 heterocycles. The van der Waals surface area contributed by atoms with E-state index in [1.165, 1.54) is 0 Å². The molecule has 0 N–H and O–H groups in total. The summed E-state index contributed by atoms with van der Waals surface area (Å²) < 4.78 is 23.9. The lowest BCUT2D eigenvalue weighted by molar-refractivity contribution is 0.246. The Bertz CT molecular complexity index is 1530. The molecule has 1 aromatic heterocycles. The van der Waals surface area contributed by atoms with Gasteiger partial charge in [0.2, 0.25) is 0 Å².